The molecule has 1 unspecified atom stereocenters. The van der Waals surface area contributed by atoms with E-state index in [4.69, 9.17) is 0 Å². The number of rotatable bonds is 0. The highest BCUT2D eigenvalue weighted by Crippen LogP contribution is 2.15. The van der Waals surface area contributed by atoms with Crippen molar-refractivity contribution in [2.24, 2.45) is 0 Å². The molecule has 0 radical (unpaired) electrons. The largest absolute Gasteiger partial charge is 0.273 e. The molecular formula is C6H13N3. The van der Waals surface area contributed by atoms with Gasteiger partial charge in [-0.1, -0.05) is 0 Å². The van der Waals surface area contributed by atoms with Gasteiger partial charge < -0.3 is 0 Å². The number of hydrogen-bond acceptors (Lipinski definition) is 3. The van der Waals surface area contributed by atoms with E-state index in [1.54, 1.807) is 0 Å². The molecular weight excluding hydrogens is 114 g/mol. The predicted octanol–water partition coefficient (Wildman–Crippen LogP) is -0.136. The molecule has 52 valence electrons. The zero-order chi connectivity index (χ0) is 6.10. The Morgan fingerprint density at radius 3 is 3.22 bits per heavy atom. The first-order valence-electron chi connectivity index (χ1n) is 3.69. The molecule has 0 aromatic heterocycles. The van der Waals surface area contributed by atoms with Crippen molar-refractivity contribution in [1.82, 2.24) is 15.8 Å². The van der Waals surface area contributed by atoms with Crippen molar-refractivity contribution in [3.8, 4) is 0 Å². The van der Waals surface area contributed by atoms with Gasteiger partial charge >= 0.3 is 0 Å². The van der Waals surface area contributed by atoms with Gasteiger partial charge in [0, 0.05) is 6.54 Å². The lowest BCUT2D eigenvalue weighted by atomic mass is 10.1. The highest BCUT2D eigenvalue weighted by atomic mass is 15.6. The van der Waals surface area contributed by atoms with Crippen molar-refractivity contribution >= 4 is 0 Å². The Labute approximate surface area is 55.4 Å². The SMILES string of the molecule is C1CCN2CNNC2C1. The third-order valence-electron chi connectivity index (χ3n) is 2.16. The molecule has 3 nitrogen and oxygen atoms in total. The maximum Gasteiger partial charge on any atom is 0.0740 e. The lowest BCUT2D eigenvalue weighted by Crippen LogP contribution is -2.39. The zero-order valence-corrected chi connectivity index (χ0v) is 5.56. The molecule has 2 rings (SSSR count). The first-order chi connectivity index (χ1) is 4.47. The molecule has 0 spiro atoms. The van der Waals surface area contributed by atoms with Crippen LogP contribution in [0.25, 0.3) is 0 Å². The summed E-state index contributed by atoms with van der Waals surface area (Å²) < 4.78 is 0. The van der Waals surface area contributed by atoms with E-state index in [-0.39, 0.29) is 0 Å². The van der Waals surface area contributed by atoms with Gasteiger partial charge in [-0.25, -0.2) is 10.9 Å². The average Bonchev–Trinajstić information content (AvgIpc) is 2.33. The van der Waals surface area contributed by atoms with Gasteiger partial charge in [0.2, 0.25) is 0 Å². The maximum atomic E-state index is 3.23. The summed E-state index contributed by atoms with van der Waals surface area (Å²) in [4.78, 5) is 2.45. The van der Waals surface area contributed by atoms with E-state index < -0.39 is 0 Å². The van der Waals surface area contributed by atoms with E-state index in [2.05, 4.69) is 15.8 Å². The molecule has 2 saturated heterocycles. The monoisotopic (exact) mass is 127 g/mol. The Bertz CT molecular complexity index is 92.5. The second-order valence-corrected chi connectivity index (χ2v) is 2.80. The number of hydrogen-bond donors (Lipinski definition) is 2. The summed E-state index contributed by atoms with van der Waals surface area (Å²) in [6.07, 6.45) is 4.71. The molecule has 0 bridgehead atoms. The minimum Gasteiger partial charge on any atom is -0.273 e. The number of hydrazine groups is 1. The molecule has 2 aliphatic rings. The summed E-state index contributed by atoms with van der Waals surface area (Å²) in [5.41, 5.74) is 6.37. The van der Waals surface area contributed by atoms with Crippen molar-refractivity contribution < 1.29 is 0 Å². The van der Waals surface area contributed by atoms with Crippen LogP contribution in [0.15, 0.2) is 0 Å². The van der Waals surface area contributed by atoms with Crippen LogP contribution in [0.2, 0.25) is 0 Å². The van der Waals surface area contributed by atoms with Crippen LogP contribution in [0, 0.1) is 0 Å². The van der Waals surface area contributed by atoms with Gasteiger partial charge in [-0.3, -0.25) is 4.90 Å². The van der Waals surface area contributed by atoms with Crippen LogP contribution in [0.3, 0.4) is 0 Å². The molecule has 2 fully saturated rings. The van der Waals surface area contributed by atoms with Crippen LogP contribution < -0.4 is 10.9 Å². The van der Waals surface area contributed by atoms with E-state index in [0.29, 0.717) is 6.17 Å². The standard InChI is InChI=1S/C6H13N3/c1-2-4-9-5-7-8-6(9)3-1/h6-8H,1-5H2. The highest BCUT2D eigenvalue weighted by Gasteiger charge is 2.25. The minimum atomic E-state index is 0.638. The number of fused-ring (bicyclic) bond motifs is 1. The quantitative estimate of drug-likeness (QED) is 0.474. The first kappa shape index (κ1) is 5.65. The van der Waals surface area contributed by atoms with Crippen LogP contribution in [-0.2, 0) is 0 Å². The van der Waals surface area contributed by atoms with Gasteiger partial charge in [-0.15, -0.1) is 0 Å². The van der Waals surface area contributed by atoms with Crippen LogP contribution in [0.1, 0.15) is 19.3 Å². The van der Waals surface area contributed by atoms with Crippen molar-refractivity contribution in [3.63, 3.8) is 0 Å². The molecule has 0 amide bonds. The predicted molar refractivity (Wildman–Crippen MR) is 35.5 cm³/mol. The molecule has 2 heterocycles. The average molecular weight is 127 g/mol. The second kappa shape index (κ2) is 2.25. The molecule has 3 heteroatoms. The number of piperidine rings is 1. The van der Waals surface area contributed by atoms with Gasteiger partial charge in [0.25, 0.3) is 0 Å². The number of nitrogens with zero attached hydrogens (tertiary/aromatic N) is 1. The van der Waals surface area contributed by atoms with Gasteiger partial charge in [0.15, 0.2) is 0 Å². The van der Waals surface area contributed by atoms with Crippen LogP contribution >= 0.6 is 0 Å². The summed E-state index contributed by atoms with van der Waals surface area (Å²) in [7, 11) is 0. The van der Waals surface area contributed by atoms with E-state index >= 15 is 0 Å². The van der Waals surface area contributed by atoms with E-state index in [9.17, 15) is 0 Å². The highest BCUT2D eigenvalue weighted by molar-refractivity contribution is 4.76. The summed E-state index contributed by atoms with van der Waals surface area (Å²) in [5, 5.41) is 0. The molecule has 0 aliphatic carbocycles. The topological polar surface area (TPSA) is 27.3 Å². The molecule has 9 heavy (non-hydrogen) atoms. The maximum absolute atomic E-state index is 3.23. The zero-order valence-electron chi connectivity index (χ0n) is 5.56. The summed E-state index contributed by atoms with van der Waals surface area (Å²) >= 11 is 0. The van der Waals surface area contributed by atoms with Crippen molar-refractivity contribution in [2.45, 2.75) is 25.4 Å². The molecule has 0 aromatic carbocycles. The van der Waals surface area contributed by atoms with Crippen molar-refractivity contribution in [1.29, 1.82) is 0 Å². The first-order valence-corrected chi connectivity index (χ1v) is 3.69. The smallest absolute Gasteiger partial charge is 0.0740 e. The summed E-state index contributed by atoms with van der Waals surface area (Å²) in [5.74, 6) is 0. The minimum absolute atomic E-state index is 0.638. The Kier molecular flexibility index (Phi) is 1.41. The fourth-order valence-corrected chi connectivity index (χ4v) is 1.61. The second-order valence-electron chi connectivity index (χ2n) is 2.80. The molecule has 0 saturated carbocycles. The van der Waals surface area contributed by atoms with Crippen LogP contribution in [0.5, 0.6) is 0 Å². The Morgan fingerprint density at radius 1 is 1.33 bits per heavy atom. The lowest BCUT2D eigenvalue weighted by Gasteiger charge is -2.26. The Hall–Kier alpha value is -0.120. The Morgan fingerprint density at radius 2 is 2.33 bits per heavy atom. The summed E-state index contributed by atoms with van der Waals surface area (Å²) in [6, 6.07) is 0. The van der Waals surface area contributed by atoms with Crippen LogP contribution in [-0.4, -0.2) is 24.3 Å². The van der Waals surface area contributed by atoms with E-state index in [1.165, 1.54) is 25.8 Å². The van der Waals surface area contributed by atoms with E-state index in [1.807, 2.05) is 0 Å². The van der Waals surface area contributed by atoms with Gasteiger partial charge in [-0.05, 0) is 19.3 Å². The molecule has 1 atom stereocenters. The lowest BCUT2D eigenvalue weighted by molar-refractivity contribution is 0.186. The van der Waals surface area contributed by atoms with E-state index in [0.717, 1.165) is 6.67 Å². The Balaban J connectivity index is 1.97. The third-order valence-corrected chi connectivity index (χ3v) is 2.16. The van der Waals surface area contributed by atoms with Gasteiger partial charge in [-0.2, -0.15) is 0 Å². The fourth-order valence-electron chi connectivity index (χ4n) is 1.61. The van der Waals surface area contributed by atoms with Crippen molar-refractivity contribution in [2.75, 3.05) is 13.2 Å². The fraction of sp³-hybridized carbons (Fsp3) is 1.00. The van der Waals surface area contributed by atoms with Gasteiger partial charge in [0.1, 0.15) is 0 Å². The molecule has 2 aliphatic heterocycles. The number of nitrogens with one attached hydrogen (secondary N) is 2. The molecule has 2 N–H and O–H groups in total. The summed E-state index contributed by atoms with van der Waals surface area (Å²) in [6.45, 7) is 2.30. The van der Waals surface area contributed by atoms with Gasteiger partial charge in [0.05, 0.1) is 12.8 Å². The third kappa shape index (κ3) is 0.956. The molecule has 0 aromatic rings. The van der Waals surface area contributed by atoms with Crippen molar-refractivity contribution in [3.05, 3.63) is 0 Å². The normalized spacial score (nSPS) is 36.7. The van der Waals surface area contributed by atoms with Crippen LogP contribution in [0.4, 0.5) is 0 Å².